The summed E-state index contributed by atoms with van der Waals surface area (Å²) >= 11 is 0. The number of amides is 2. The number of carbonyl (C=O) groups is 2. The molecule has 0 fully saturated rings. The fourth-order valence-corrected chi connectivity index (χ4v) is 3.27. The average molecular weight is 495 g/mol. The lowest BCUT2D eigenvalue weighted by molar-refractivity contribution is -0.112. The molecule has 2 aromatic rings. The average Bonchev–Trinajstić information content (AvgIpc) is 3.24. The number of nitrogens with one attached hydrogen (secondary N) is 2. The van der Waals surface area contributed by atoms with E-state index < -0.39 is 23.4 Å². The third-order valence-corrected chi connectivity index (χ3v) is 5.09. The zero-order valence-corrected chi connectivity index (χ0v) is 21.3. The number of benzene rings is 1. The first kappa shape index (κ1) is 26.5. The quantitative estimate of drug-likeness (QED) is 0.600. The number of hydrogen-bond donors (Lipinski definition) is 2. The van der Waals surface area contributed by atoms with Gasteiger partial charge in [0, 0.05) is 36.9 Å². The number of aliphatic imine (C=N–C) groups is 2. The van der Waals surface area contributed by atoms with Crippen molar-refractivity contribution in [1.82, 2.24) is 9.78 Å². The smallest absolute Gasteiger partial charge is 0.412 e. The maximum absolute atomic E-state index is 14.5. The number of nitrogens with zero attached hydrogens (tertiary/aromatic N) is 4. The Hall–Kier alpha value is -4.08. The van der Waals surface area contributed by atoms with Crippen molar-refractivity contribution in [3.63, 3.8) is 0 Å². The summed E-state index contributed by atoms with van der Waals surface area (Å²) in [6.45, 7) is 8.92. The predicted molar refractivity (Wildman–Crippen MR) is 140 cm³/mol. The van der Waals surface area contributed by atoms with Crippen molar-refractivity contribution in [2.75, 3.05) is 10.6 Å². The van der Waals surface area contributed by atoms with Crippen LogP contribution >= 0.6 is 0 Å². The van der Waals surface area contributed by atoms with E-state index in [0.717, 1.165) is 11.6 Å². The van der Waals surface area contributed by atoms with Crippen molar-refractivity contribution in [3.8, 4) is 0 Å². The van der Waals surface area contributed by atoms with E-state index in [1.165, 1.54) is 18.3 Å². The van der Waals surface area contributed by atoms with Crippen LogP contribution in [0.15, 0.2) is 57.8 Å². The van der Waals surface area contributed by atoms with Crippen molar-refractivity contribution in [1.29, 1.82) is 0 Å². The second-order valence-electron chi connectivity index (χ2n) is 9.34. The van der Waals surface area contributed by atoms with E-state index in [1.807, 2.05) is 26.2 Å². The fraction of sp³-hybridized carbons (Fsp3) is 0.346. The largest absolute Gasteiger partial charge is 0.444 e. The number of rotatable bonds is 5. The van der Waals surface area contributed by atoms with Gasteiger partial charge in [-0.3, -0.25) is 24.8 Å². The molecule has 0 spiro atoms. The van der Waals surface area contributed by atoms with Gasteiger partial charge >= 0.3 is 6.09 Å². The molecule has 0 radical (unpaired) electrons. The molecule has 1 aromatic heterocycles. The number of anilines is 2. The van der Waals surface area contributed by atoms with E-state index in [2.05, 4.69) is 25.7 Å². The molecule has 2 amide bonds. The van der Waals surface area contributed by atoms with Gasteiger partial charge in [-0.15, -0.1) is 0 Å². The minimum atomic E-state index is -0.689. The molecule has 1 unspecified atom stereocenters. The van der Waals surface area contributed by atoms with Crippen molar-refractivity contribution in [2.24, 2.45) is 17.0 Å². The minimum Gasteiger partial charge on any atom is -0.444 e. The molecule has 0 saturated heterocycles. The van der Waals surface area contributed by atoms with Crippen LogP contribution in [0.5, 0.6) is 0 Å². The van der Waals surface area contributed by atoms with Gasteiger partial charge in [0.25, 0.3) is 5.91 Å². The third-order valence-electron chi connectivity index (χ3n) is 5.09. The van der Waals surface area contributed by atoms with Gasteiger partial charge in [-0.1, -0.05) is 6.92 Å². The fourth-order valence-electron chi connectivity index (χ4n) is 3.27. The second kappa shape index (κ2) is 11.1. The van der Waals surface area contributed by atoms with E-state index in [1.54, 1.807) is 44.8 Å². The summed E-state index contributed by atoms with van der Waals surface area (Å²) in [4.78, 5) is 34.3. The topological polar surface area (TPSA) is 110 Å². The van der Waals surface area contributed by atoms with Gasteiger partial charge in [0.1, 0.15) is 11.4 Å². The number of aryl methyl sites for hydroxylation is 1. The Morgan fingerprint density at radius 3 is 2.58 bits per heavy atom. The highest BCUT2D eigenvalue weighted by Gasteiger charge is 2.19. The van der Waals surface area contributed by atoms with Crippen LogP contribution in [-0.4, -0.2) is 45.9 Å². The number of allylic oxidation sites excluding steroid dienone is 1. The van der Waals surface area contributed by atoms with Gasteiger partial charge in [-0.05, 0) is 64.0 Å². The van der Waals surface area contributed by atoms with E-state index in [4.69, 9.17) is 4.74 Å². The molecule has 0 aliphatic carbocycles. The molecule has 190 valence electrons. The van der Waals surface area contributed by atoms with E-state index >= 15 is 0 Å². The number of halogens is 1. The lowest BCUT2D eigenvalue weighted by Gasteiger charge is -2.20. The monoisotopic (exact) mass is 494 g/mol. The Morgan fingerprint density at radius 2 is 1.94 bits per heavy atom. The maximum atomic E-state index is 14.5. The molecular weight excluding hydrogens is 463 g/mol. The van der Waals surface area contributed by atoms with Gasteiger partial charge in [-0.2, -0.15) is 5.10 Å². The summed E-state index contributed by atoms with van der Waals surface area (Å²) < 4.78 is 21.4. The Morgan fingerprint density at radius 1 is 1.19 bits per heavy atom. The highest BCUT2D eigenvalue weighted by molar-refractivity contribution is 6.21. The molecule has 9 nitrogen and oxygen atoms in total. The summed E-state index contributed by atoms with van der Waals surface area (Å²) in [5, 5.41) is 9.31. The van der Waals surface area contributed by atoms with E-state index in [-0.39, 0.29) is 23.0 Å². The van der Waals surface area contributed by atoms with Crippen LogP contribution in [0.2, 0.25) is 0 Å². The summed E-state index contributed by atoms with van der Waals surface area (Å²) in [6, 6.07) is 3.64. The summed E-state index contributed by atoms with van der Waals surface area (Å²) in [5.41, 5.74) is 1.80. The minimum absolute atomic E-state index is 0.0970. The Kier molecular flexibility index (Phi) is 8.18. The van der Waals surface area contributed by atoms with Gasteiger partial charge in [0.2, 0.25) is 0 Å². The van der Waals surface area contributed by atoms with Crippen LogP contribution in [-0.2, 0) is 16.6 Å². The molecule has 2 heterocycles. The van der Waals surface area contributed by atoms with Gasteiger partial charge < -0.3 is 10.1 Å². The van der Waals surface area contributed by atoms with Gasteiger partial charge in [-0.25, -0.2) is 9.18 Å². The molecule has 36 heavy (non-hydrogen) atoms. The molecule has 3 rings (SSSR count). The van der Waals surface area contributed by atoms with Crippen LogP contribution in [0.3, 0.4) is 0 Å². The molecule has 2 N–H and O–H groups in total. The second-order valence-corrected chi connectivity index (χ2v) is 9.34. The van der Waals surface area contributed by atoms with Crippen molar-refractivity contribution >= 4 is 41.5 Å². The molecule has 1 aromatic carbocycles. The number of ether oxygens (including phenoxy) is 1. The number of aromatic nitrogens is 2. The highest BCUT2D eigenvalue weighted by Crippen LogP contribution is 2.23. The lowest BCUT2D eigenvalue weighted by Crippen LogP contribution is -2.27. The van der Waals surface area contributed by atoms with E-state index in [0.29, 0.717) is 17.7 Å². The number of hydrogen-bond acceptors (Lipinski definition) is 6. The van der Waals surface area contributed by atoms with Gasteiger partial charge in [0.15, 0.2) is 0 Å². The molecule has 1 aliphatic heterocycles. The van der Waals surface area contributed by atoms with Crippen molar-refractivity contribution < 1.29 is 18.7 Å². The molecule has 1 aliphatic rings. The maximum Gasteiger partial charge on any atom is 0.412 e. The van der Waals surface area contributed by atoms with Gasteiger partial charge in [0.05, 0.1) is 29.2 Å². The SMILES string of the molecule is CCC1\C=C(c2cnn(C)c2)/N=C\C(C)=C(/C(=O)Nc2cc(NC(=O)OC(C)(C)C)ccc2F)C=N1. The van der Waals surface area contributed by atoms with Crippen LogP contribution < -0.4 is 10.6 Å². The normalized spacial score (nSPS) is 20.4. The summed E-state index contributed by atoms with van der Waals surface area (Å²) in [7, 11) is 1.82. The Bertz CT molecular complexity index is 1270. The van der Waals surface area contributed by atoms with E-state index in [9.17, 15) is 14.0 Å². The Labute approximate surface area is 209 Å². The molecule has 0 bridgehead atoms. The van der Waals surface area contributed by atoms with Crippen LogP contribution in [0.4, 0.5) is 20.6 Å². The first-order valence-electron chi connectivity index (χ1n) is 11.5. The lowest BCUT2D eigenvalue weighted by atomic mass is 10.1. The summed E-state index contributed by atoms with van der Waals surface area (Å²) in [6.07, 6.45) is 8.55. The van der Waals surface area contributed by atoms with Crippen molar-refractivity contribution in [3.05, 3.63) is 59.2 Å². The molecular formula is C26H31FN6O3. The standard InChI is InChI=1S/C26H31FN6O3/c1-7-18-10-22(17-13-30-33(6)15-17)29-12-16(2)20(14-28-18)24(34)32-23-11-19(8-9-21(23)27)31-25(35)36-26(3,4)5/h8-15,18H,7H2,1-6H3,(H,31,35)(H,32,34)/b20-16-,22-10-,28-14?,29-12-. The summed E-state index contributed by atoms with van der Waals surface area (Å²) in [5.74, 6) is -1.22. The molecule has 10 heteroatoms. The first-order chi connectivity index (χ1) is 16.9. The number of carbonyl (C=O) groups excluding carboxylic acids is 2. The Balaban J connectivity index is 1.85. The van der Waals surface area contributed by atoms with Crippen molar-refractivity contribution in [2.45, 2.75) is 52.7 Å². The molecule has 0 saturated carbocycles. The first-order valence-corrected chi connectivity index (χ1v) is 11.5. The predicted octanol–water partition coefficient (Wildman–Crippen LogP) is 5.14. The molecule has 1 atom stereocenters. The van der Waals surface area contributed by atoms with Crippen LogP contribution in [0.1, 0.15) is 46.6 Å². The van der Waals surface area contributed by atoms with Crippen LogP contribution in [0.25, 0.3) is 5.70 Å². The zero-order valence-electron chi connectivity index (χ0n) is 21.3. The zero-order chi connectivity index (χ0) is 26.5. The third kappa shape index (κ3) is 7.21. The highest BCUT2D eigenvalue weighted by atomic mass is 19.1. The van der Waals surface area contributed by atoms with Crippen LogP contribution in [0, 0.1) is 5.82 Å².